The fraction of sp³-hybridized carbons (Fsp3) is 0.462. The SMILES string of the molecule is CC(=O)NC1CCCN(C(=O)c2ccc(N)cn2)C1. The van der Waals surface area contributed by atoms with Crippen LogP contribution < -0.4 is 11.1 Å². The van der Waals surface area contributed by atoms with Crippen molar-refractivity contribution >= 4 is 17.5 Å². The van der Waals surface area contributed by atoms with Gasteiger partial charge in [-0.2, -0.15) is 0 Å². The summed E-state index contributed by atoms with van der Waals surface area (Å²) < 4.78 is 0. The number of nitrogens with zero attached hydrogens (tertiary/aromatic N) is 2. The second-order valence-corrected chi connectivity index (χ2v) is 4.77. The summed E-state index contributed by atoms with van der Waals surface area (Å²) >= 11 is 0. The fourth-order valence-electron chi connectivity index (χ4n) is 2.26. The van der Waals surface area contributed by atoms with E-state index < -0.39 is 0 Å². The number of rotatable bonds is 2. The number of nitrogens with one attached hydrogen (secondary N) is 1. The summed E-state index contributed by atoms with van der Waals surface area (Å²) in [5.41, 5.74) is 6.47. The van der Waals surface area contributed by atoms with Crippen LogP contribution >= 0.6 is 0 Å². The van der Waals surface area contributed by atoms with Crippen molar-refractivity contribution in [3.63, 3.8) is 0 Å². The number of carbonyl (C=O) groups excluding carboxylic acids is 2. The van der Waals surface area contributed by atoms with E-state index in [4.69, 9.17) is 5.73 Å². The van der Waals surface area contributed by atoms with Gasteiger partial charge in [-0.15, -0.1) is 0 Å². The average molecular weight is 262 g/mol. The van der Waals surface area contributed by atoms with Gasteiger partial charge in [-0.05, 0) is 25.0 Å². The van der Waals surface area contributed by atoms with Gasteiger partial charge in [-0.3, -0.25) is 9.59 Å². The number of likely N-dealkylation sites (tertiary alicyclic amines) is 1. The van der Waals surface area contributed by atoms with E-state index in [-0.39, 0.29) is 17.9 Å². The number of anilines is 1. The summed E-state index contributed by atoms with van der Waals surface area (Å²) in [5.74, 6) is -0.181. The van der Waals surface area contributed by atoms with Crippen LogP contribution in [-0.4, -0.2) is 40.8 Å². The van der Waals surface area contributed by atoms with E-state index in [9.17, 15) is 9.59 Å². The number of nitrogens with two attached hydrogens (primary N) is 1. The summed E-state index contributed by atoms with van der Waals surface area (Å²) in [6, 6.07) is 3.32. The van der Waals surface area contributed by atoms with Crippen molar-refractivity contribution in [2.24, 2.45) is 0 Å². The summed E-state index contributed by atoms with van der Waals surface area (Å²) in [5, 5.41) is 2.85. The summed E-state index contributed by atoms with van der Waals surface area (Å²) in [6.45, 7) is 2.72. The van der Waals surface area contributed by atoms with Gasteiger partial charge >= 0.3 is 0 Å². The van der Waals surface area contributed by atoms with Crippen molar-refractivity contribution in [3.05, 3.63) is 24.0 Å². The Morgan fingerprint density at radius 2 is 2.26 bits per heavy atom. The molecule has 1 aromatic heterocycles. The summed E-state index contributed by atoms with van der Waals surface area (Å²) in [6.07, 6.45) is 3.26. The van der Waals surface area contributed by atoms with Crippen LogP contribution in [0, 0.1) is 0 Å². The Hall–Kier alpha value is -2.11. The molecule has 0 aromatic carbocycles. The van der Waals surface area contributed by atoms with Gasteiger partial charge in [0.1, 0.15) is 5.69 Å². The molecule has 6 heteroatoms. The lowest BCUT2D eigenvalue weighted by molar-refractivity contribution is -0.120. The van der Waals surface area contributed by atoms with E-state index in [1.54, 1.807) is 17.0 Å². The molecule has 6 nitrogen and oxygen atoms in total. The Morgan fingerprint density at radius 3 is 2.89 bits per heavy atom. The molecule has 102 valence electrons. The normalized spacial score (nSPS) is 19.0. The quantitative estimate of drug-likeness (QED) is 0.807. The third kappa shape index (κ3) is 3.43. The van der Waals surface area contributed by atoms with Gasteiger partial charge in [0.2, 0.25) is 5.91 Å². The second-order valence-electron chi connectivity index (χ2n) is 4.77. The molecule has 1 unspecified atom stereocenters. The standard InChI is InChI=1S/C13H18N4O2/c1-9(18)16-11-3-2-6-17(8-11)13(19)12-5-4-10(14)7-15-12/h4-5,7,11H,2-3,6,8,14H2,1H3,(H,16,18). The number of amides is 2. The van der Waals surface area contributed by atoms with E-state index in [1.165, 1.54) is 13.1 Å². The van der Waals surface area contributed by atoms with Gasteiger partial charge in [-0.25, -0.2) is 4.98 Å². The predicted molar refractivity (Wildman–Crippen MR) is 71.4 cm³/mol. The number of aromatic nitrogens is 1. The topological polar surface area (TPSA) is 88.3 Å². The molecule has 2 amide bonds. The molecule has 1 saturated heterocycles. The van der Waals surface area contributed by atoms with E-state index in [0.717, 1.165) is 12.8 Å². The number of hydrogen-bond donors (Lipinski definition) is 2. The number of nitrogen functional groups attached to an aromatic ring is 1. The molecule has 1 aliphatic heterocycles. The van der Waals surface area contributed by atoms with Crippen molar-refractivity contribution in [1.82, 2.24) is 15.2 Å². The second kappa shape index (κ2) is 5.69. The van der Waals surface area contributed by atoms with Gasteiger partial charge in [0.05, 0.1) is 11.9 Å². The molecule has 2 heterocycles. The molecule has 0 radical (unpaired) electrons. The lowest BCUT2D eigenvalue weighted by Gasteiger charge is -2.32. The van der Waals surface area contributed by atoms with Gasteiger partial charge in [0.15, 0.2) is 0 Å². The lowest BCUT2D eigenvalue weighted by Crippen LogP contribution is -2.49. The first-order chi connectivity index (χ1) is 9.06. The van der Waals surface area contributed by atoms with Crippen LogP contribution in [0.2, 0.25) is 0 Å². The molecule has 0 bridgehead atoms. The Bertz CT molecular complexity index is 472. The van der Waals surface area contributed by atoms with Crippen molar-refractivity contribution in [3.8, 4) is 0 Å². The molecule has 1 aliphatic rings. The lowest BCUT2D eigenvalue weighted by atomic mass is 10.1. The highest BCUT2D eigenvalue weighted by atomic mass is 16.2. The zero-order valence-corrected chi connectivity index (χ0v) is 10.9. The van der Waals surface area contributed by atoms with Gasteiger partial charge < -0.3 is 16.0 Å². The molecule has 3 N–H and O–H groups in total. The van der Waals surface area contributed by atoms with Crippen LogP contribution in [-0.2, 0) is 4.79 Å². The third-order valence-electron chi connectivity index (χ3n) is 3.12. The van der Waals surface area contributed by atoms with Crippen molar-refractivity contribution in [1.29, 1.82) is 0 Å². The van der Waals surface area contributed by atoms with Gasteiger partial charge in [0.25, 0.3) is 5.91 Å². The number of pyridine rings is 1. The molecule has 1 atom stereocenters. The first-order valence-corrected chi connectivity index (χ1v) is 6.34. The molecule has 1 fully saturated rings. The van der Waals surface area contributed by atoms with Crippen molar-refractivity contribution in [2.45, 2.75) is 25.8 Å². The minimum atomic E-state index is -0.116. The smallest absolute Gasteiger partial charge is 0.272 e. The van der Waals surface area contributed by atoms with Crippen molar-refractivity contribution < 1.29 is 9.59 Å². The Kier molecular flexibility index (Phi) is 3.99. The van der Waals surface area contributed by atoms with Crippen LogP contribution in [0.15, 0.2) is 18.3 Å². The van der Waals surface area contributed by atoms with Crippen molar-refractivity contribution in [2.75, 3.05) is 18.8 Å². The maximum Gasteiger partial charge on any atom is 0.272 e. The average Bonchev–Trinajstić information content (AvgIpc) is 2.38. The number of hydrogen-bond acceptors (Lipinski definition) is 4. The van der Waals surface area contributed by atoms with E-state index in [2.05, 4.69) is 10.3 Å². The summed E-state index contributed by atoms with van der Waals surface area (Å²) in [7, 11) is 0. The zero-order chi connectivity index (χ0) is 13.8. The molecular weight excluding hydrogens is 244 g/mol. The highest BCUT2D eigenvalue weighted by molar-refractivity contribution is 5.92. The first-order valence-electron chi connectivity index (χ1n) is 6.34. The van der Waals surface area contributed by atoms with Crippen LogP contribution in [0.4, 0.5) is 5.69 Å². The van der Waals surface area contributed by atoms with E-state index >= 15 is 0 Å². The number of piperidine rings is 1. The monoisotopic (exact) mass is 262 g/mol. The predicted octanol–water partition coefficient (Wildman–Crippen LogP) is 0.404. The first kappa shape index (κ1) is 13.3. The Balaban J connectivity index is 2.02. The molecule has 0 aliphatic carbocycles. The third-order valence-corrected chi connectivity index (χ3v) is 3.12. The molecule has 19 heavy (non-hydrogen) atoms. The van der Waals surface area contributed by atoms with E-state index in [1.807, 2.05) is 0 Å². The maximum absolute atomic E-state index is 12.3. The highest BCUT2D eigenvalue weighted by Crippen LogP contribution is 2.13. The maximum atomic E-state index is 12.3. The highest BCUT2D eigenvalue weighted by Gasteiger charge is 2.25. The minimum absolute atomic E-state index is 0.0315. The molecule has 2 rings (SSSR count). The Labute approximate surface area is 112 Å². The molecular formula is C13H18N4O2. The number of carbonyl (C=O) groups is 2. The van der Waals surface area contributed by atoms with Crippen LogP contribution in [0.3, 0.4) is 0 Å². The molecule has 0 spiro atoms. The fourth-order valence-corrected chi connectivity index (χ4v) is 2.26. The van der Waals surface area contributed by atoms with Gasteiger partial charge in [0, 0.05) is 26.1 Å². The molecule has 0 saturated carbocycles. The molecule has 1 aromatic rings. The van der Waals surface area contributed by atoms with Crippen LogP contribution in [0.5, 0.6) is 0 Å². The zero-order valence-electron chi connectivity index (χ0n) is 10.9. The minimum Gasteiger partial charge on any atom is -0.397 e. The largest absolute Gasteiger partial charge is 0.397 e. The van der Waals surface area contributed by atoms with Gasteiger partial charge in [-0.1, -0.05) is 0 Å². The van der Waals surface area contributed by atoms with E-state index in [0.29, 0.717) is 24.5 Å². The van der Waals surface area contributed by atoms with Crippen LogP contribution in [0.1, 0.15) is 30.3 Å². The Morgan fingerprint density at radius 1 is 1.47 bits per heavy atom. The summed E-state index contributed by atoms with van der Waals surface area (Å²) in [4.78, 5) is 29.1. The van der Waals surface area contributed by atoms with Crippen LogP contribution in [0.25, 0.3) is 0 Å².